The van der Waals surface area contributed by atoms with Crippen LogP contribution in [0.15, 0.2) is 23.1 Å². The Bertz CT molecular complexity index is 841. The quantitative estimate of drug-likeness (QED) is 0.809. The van der Waals surface area contributed by atoms with Gasteiger partial charge in [-0.1, -0.05) is 11.6 Å². The molecule has 2 aromatic heterocycles. The van der Waals surface area contributed by atoms with Gasteiger partial charge >= 0.3 is 5.69 Å². The Kier molecular flexibility index (Phi) is 4.56. The van der Waals surface area contributed by atoms with E-state index in [0.29, 0.717) is 28.8 Å². The molecule has 2 aromatic rings. The third kappa shape index (κ3) is 3.20. The van der Waals surface area contributed by atoms with Gasteiger partial charge in [0.2, 0.25) is 5.91 Å². The number of rotatable bonds is 3. The highest BCUT2D eigenvalue weighted by Gasteiger charge is 2.34. The van der Waals surface area contributed by atoms with Gasteiger partial charge in [0.25, 0.3) is 0 Å². The molecular formula is C16H18ClN5O2S. The number of pyridine rings is 1. The molecule has 1 saturated heterocycles. The maximum atomic E-state index is 12.8. The summed E-state index contributed by atoms with van der Waals surface area (Å²) in [6.07, 6.45) is 3.83. The van der Waals surface area contributed by atoms with Crippen LogP contribution in [0.3, 0.4) is 0 Å². The second-order valence-electron chi connectivity index (χ2n) is 6.24. The molecule has 0 radical (unpaired) electrons. The fourth-order valence-electron chi connectivity index (χ4n) is 3.32. The lowest BCUT2D eigenvalue weighted by Gasteiger charge is -2.26. The van der Waals surface area contributed by atoms with Crippen LogP contribution in [-0.4, -0.2) is 48.3 Å². The molecule has 0 saturated carbocycles. The molecule has 1 atom stereocenters. The highest BCUT2D eigenvalue weighted by atomic mass is 35.5. The summed E-state index contributed by atoms with van der Waals surface area (Å²) < 4.78 is 2.99. The standard InChI is InChI=1S/C16H18ClN5O2S/c17-11-4-5-12(18-8-11)9-21-16(24)22-13(2-1-3-14(22)19-21)15(23)20-6-7-25-10-20/h4-5,8,13H,1-3,6-7,9-10H2/t13-/m0/s1. The van der Waals surface area contributed by atoms with Crippen molar-refractivity contribution in [2.75, 3.05) is 18.2 Å². The molecule has 1 fully saturated rings. The van der Waals surface area contributed by atoms with Crippen LogP contribution in [0.2, 0.25) is 5.02 Å². The van der Waals surface area contributed by atoms with Gasteiger partial charge in [0.1, 0.15) is 11.9 Å². The minimum absolute atomic E-state index is 0.0391. The van der Waals surface area contributed by atoms with Gasteiger partial charge < -0.3 is 4.90 Å². The van der Waals surface area contributed by atoms with Crippen LogP contribution in [0.4, 0.5) is 0 Å². The van der Waals surface area contributed by atoms with Gasteiger partial charge in [-0.25, -0.2) is 9.48 Å². The van der Waals surface area contributed by atoms with Gasteiger partial charge in [-0.15, -0.1) is 11.8 Å². The lowest BCUT2D eigenvalue weighted by molar-refractivity contribution is -0.133. The maximum absolute atomic E-state index is 12.8. The van der Waals surface area contributed by atoms with Gasteiger partial charge in [-0.2, -0.15) is 5.10 Å². The van der Waals surface area contributed by atoms with Crippen LogP contribution in [-0.2, 0) is 17.8 Å². The van der Waals surface area contributed by atoms with Crippen molar-refractivity contribution < 1.29 is 4.79 Å². The van der Waals surface area contributed by atoms with Crippen molar-refractivity contribution in [2.24, 2.45) is 0 Å². The molecule has 0 spiro atoms. The molecule has 132 valence electrons. The van der Waals surface area contributed by atoms with Crippen molar-refractivity contribution >= 4 is 29.3 Å². The SMILES string of the molecule is O=C([C@@H]1CCCc2nn(Cc3ccc(Cl)cn3)c(=O)n21)N1CCSC1. The number of carbonyl (C=O) groups is 1. The minimum Gasteiger partial charge on any atom is -0.331 e. The average molecular weight is 380 g/mol. The van der Waals surface area contributed by atoms with Crippen LogP contribution >= 0.6 is 23.4 Å². The van der Waals surface area contributed by atoms with E-state index in [1.807, 2.05) is 4.90 Å². The summed E-state index contributed by atoms with van der Waals surface area (Å²) in [5, 5.41) is 5.00. The average Bonchev–Trinajstić information content (AvgIpc) is 3.25. The molecular weight excluding hydrogens is 362 g/mol. The monoisotopic (exact) mass is 379 g/mol. The fraction of sp³-hybridized carbons (Fsp3) is 0.500. The molecule has 9 heteroatoms. The summed E-state index contributed by atoms with van der Waals surface area (Å²) >= 11 is 7.60. The van der Waals surface area contributed by atoms with Gasteiger partial charge in [-0.05, 0) is 25.0 Å². The Labute approximate surface area is 154 Å². The van der Waals surface area contributed by atoms with Crippen LogP contribution in [0.1, 0.15) is 30.4 Å². The normalized spacial score (nSPS) is 19.9. The van der Waals surface area contributed by atoms with Crippen LogP contribution in [0.5, 0.6) is 0 Å². The topological polar surface area (TPSA) is 73.0 Å². The number of nitrogens with zero attached hydrogens (tertiary/aromatic N) is 5. The summed E-state index contributed by atoms with van der Waals surface area (Å²) in [5.74, 6) is 2.40. The van der Waals surface area contributed by atoms with E-state index in [4.69, 9.17) is 11.6 Å². The van der Waals surface area contributed by atoms with Crippen LogP contribution in [0.25, 0.3) is 0 Å². The number of halogens is 1. The highest BCUT2D eigenvalue weighted by Crippen LogP contribution is 2.26. The molecule has 0 bridgehead atoms. The molecule has 0 unspecified atom stereocenters. The van der Waals surface area contributed by atoms with E-state index in [1.165, 1.54) is 4.68 Å². The molecule has 0 aromatic carbocycles. The zero-order chi connectivity index (χ0) is 17.4. The molecule has 25 heavy (non-hydrogen) atoms. The summed E-state index contributed by atoms with van der Waals surface area (Å²) in [7, 11) is 0. The summed E-state index contributed by atoms with van der Waals surface area (Å²) in [6.45, 7) is 1.03. The molecule has 2 aliphatic rings. The number of amides is 1. The maximum Gasteiger partial charge on any atom is 0.347 e. The largest absolute Gasteiger partial charge is 0.347 e. The Hall–Kier alpha value is -1.80. The molecule has 4 heterocycles. The molecule has 1 amide bonds. The number of fused-ring (bicyclic) bond motifs is 1. The lowest BCUT2D eigenvalue weighted by atomic mass is 10.0. The smallest absolute Gasteiger partial charge is 0.331 e. The van der Waals surface area contributed by atoms with Gasteiger partial charge in [0, 0.05) is 24.9 Å². The predicted molar refractivity (Wildman–Crippen MR) is 95.8 cm³/mol. The molecule has 4 rings (SSSR count). The molecule has 7 nitrogen and oxygen atoms in total. The molecule has 0 N–H and O–H groups in total. The Morgan fingerprint density at radius 2 is 2.28 bits per heavy atom. The van der Waals surface area contributed by atoms with E-state index in [9.17, 15) is 9.59 Å². The third-order valence-electron chi connectivity index (χ3n) is 4.58. The zero-order valence-corrected chi connectivity index (χ0v) is 15.2. The summed E-state index contributed by atoms with van der Waals surface area (Å²) in [4.78, 5) is 31.7. The van der Waals surface area contributed by atoms with E-state index < -0.39 is 6.04 Å². The molecule has 2 aliphatic heterocycles. The van der Waals surface area contributed by atoms with Gasteiger partial charge in [0.05, 0.1) is 23.1 Å². The zero-order valence-electron chi connectivity index (χ0n) is 13.6. The number of carbonyl (C=O) groups excluding carboxylic acids is 1. The first kappa shape index (κ1) is 16.7. The Morgan fingerprint density at radius 1 is 1.40 bits per heavy atom. The highest BCUT2D eigenvalue weighted by molar-refractivity contribution is 7.99. The second-order valence-corrected chi connectivity index (χ2v) is 7.75. The third-order valence-corrected chi connectivity index (χ3v) is 5.77. The van der Waals surface area contributed by atoms with Crippen molar-refractivity contribution in [2.45, 2.75) is 31.8 Å². The second kappa shape index (κ2) is 6.84. The van der Waals surface area contributed by atoms with Crippen molar-refractivity contribution in [3.05, 3.63) is 45.4 Å². The number of hydrogen-bond donors (Lipinski definition) is 0. The first-order valence-corrected chi connectivity index (χ1v) is 9.82. The Balaban J connectivity index is 1.63. The van der Waals surface area contributed by atoms with Crippen molar-refractivity contribution in [1.82, 2.24) is 24.2 Å². The number of aryl methyl sites for hydroxylation is 1. The van der Waals surface area contributed by atoms with Crippen LogP contribution in [0, 0.1) is 0 Å². The first-order valence-electron chi connectivity index (χ1n) is 8.28. The van der Waals surface area contributed by atoms with E-state index in [-0.39, 0.29) is 18.1 Å². The number of thioether (sulfide) groups is 1. The van der Waals surface area contributed by atoms with E-state index in [2.05, 4.69) is 10.1 Å². The van der Waals surface area contributed by atoms with E-state index in [0.717, 1.165) is 25.1 Å². The fourth-order valence-corrected chi connectivity index (χ4v) is 4.39. The first-order chi connectivity index (χ1) is 12.1. The van der Waals surface area contributed by atoms with Crippen molar-refractivity contribution in [3.8, 4) is 0 Å². The summed E-state index contributed by atoms with van der Waals surface area (Å²) in [5.41, 5.74) is 0.470. The predicted octanol–water partition coefficient (Wildman–Crippen LogP) is 1.55. The van der Waals surface area contributed by atoms with E-state index in [1.54, 1.807) is 34.7 Å². The van der Waals surface area contributed by atoms with Crippen molar-refractivity contribution in [1.29, 1.82) is 0 Å². The minimum atomic E-state index is -0.429. The number of aromatic nitrogens is 4. The Morgan fingerprint density at radius 3 is 3.00 bits per heavy atom. The van der Waals surface area contributed by atoms with Gasteiger partial charge in [-0.3, -0.25) is 14.3 Å². The summed E-state index contributed by atoms with van der Waals surface area (Å²) in [6, 6.07) is 3.08. The molecule has 0 aliphatic carbocycles. The van der Waals surface area contributed by atoms with Gasteiger partial charge in [0.15, 0.2) is 0 Å². The lowest BCUT2D eigenvalue weighted by Crippen LogP contribution is -2.41. The van der Waals surface area contributed by atoms with Crippen molar-refractivity contribution in [3.63, 3.8) is 0 Å². The van der Waals surface area contributed by atoms with E-state index >= 15 is 0 Å². The van der Waals surface area contributed by atoms with Crippen LogP contribution < -0.4 is 5.69 Å². The number of hydrogen-bond acceptors (Lipinski definition) is 5.